The Morgan fingerprint density at radius 2 is 2.00 bits per heavy atom. The second-order valence-electron chi connectivity index (χ2n) is 8.94. The molecular formula is C27H32N6O3. The number of nitrogens with one attached hydrogen (secondary N) is 1. The van der Waals surface area contributed by atoms with Crippen molar-refractivity contribution in [3.05, 3.63) is 59.8 Å². The fourth-order valence-corrected chi connectivity index (χ4v) is 4.21. The number of benzene rings is 1. The second-order valence-corrected chi connectivity index (χ2v) is 8.94. The van der Waals surface area contributed by atoms with Crippen LogP contribution in [-0.2, 0) is 4.79 Å². The second kappa shape index (κ2) is 11.1. The summed E-state index contributed by atoms with van der Waals surface area (Å²) in [5, 5.41) is 3.28. The molecule has 4 rings (SSSR count). The number of anilines is 1. The standard InChI is InChI=1S/C27H32N6O3/c1-18(2)29-10-5-6-24(34)32-12-9-20(17-32)27-31-23(25-26(28)30-11-13-33(25)27)8-7-19-14-21(35-3)16-22(15-19)36-4/h5-6,11,13-16,18,20,29H,9-10,12,17H2,1-4H3,(H2,28,30)/b6-5+/t20-/m0/s1. The summed E-state index contributed by atoms with van der Waals surface area (Å²) in [4.78, 5) is 23.6. The molecule has 1 atom stereocenters. The average Bonchev–Trinajstić information content (AvgIpc) is 3.50. The van der Waals surface area contributed by atoms with Crippen LogP contribution in [0.1, 0.15) is 43.3 Å². The summed E-state index contributed by atoms with van der Waals surface area (Å²) in [6.07, 6.45) is 7.82. The first kappa shape index (κ1) is 25.1. The van der Waals surface area contributed by atoms with Gasteiger partial charge in [-0.2, -0.15) is 0 Å². The van der Waals surface area contributed by atoms with E-state index in [1.54, 1.807) is 32.6 Å². The third kappa shape index (κ3) is 5.61. The molecule has 0 unspecified atom stereocenters. The molecule has 2 aromatic heterocycles. The Kier molecular flexibility index (Phi) is 7.76. The van der Waals surface area contributed by atoms with Gasteiger partial charge in [0, 0.05) is 61.7 Å². The third-order valence-electron chi connectivity index (χ3n) is 6.06. The van der Waals surface area contributed by atoms with Crippen LogP contribution in [0.5, 0.6) is 11.5 Å². The minimum Gasteiger partial charge on any atom is -0.497 e. The van der Waals surface area contributed by atoms with Crippen molar-refractivity contribution in [3.8, 4) is 23.3 Å². The average molecular weight is 489 g/mol. The third-order valence-corrected chi connectivity index (χ3v) is 6.06. The molecule has 0 bridgehead atoms. The molecule has 3 aromatic rings. The molecule has 1 fully saturated rings. The van der Waals surface area contributed by atoms with Crippen LogP contribution in [0, 0.1) is 11.8 Å². The van der Waals surface area contributed by atoms with Gasteiger partial charge in [0.2, 0.25) is 5.91 Å². The number of fused-ring (bicyclic) bond motifs is 1. The molecule has 3 heterocycles. The van der Waals surface area contributed by atoms with Crippen LogP contribution in [0.15, 0.2) is 42.7 Å². The fraction of sp³-hybridized carbons (Fsp3) is 0.370. The number of likely N-dealkylation sites (tertiary alicyclic amines) is 1. The number of ether oxygens (including phenoxy) is 2. The van der Waals surface area contributed by atoms with Crippen LogP contribution in [-0.4, -0.2) is 65.1 Å². The van der Waals surface area contributed by atoms with Crippen molar-refractivity contribution < 1.29 is 14.3 Å². The molecule has 0 saturated carbocycles. The number of imidazole rings is 1. The maximum Gasteiger partial charge on any atom is 0.246 e. The van der Waals surface area contributed by atoms with E-state index < -0.39 is 0 Å². The van der Waals surface area contributed by atoms with Gasteiger partial charge in [-0.15, -0.1) is 0 Å². The Balaban J connectivity index is 1.59. The minimum absolute atomic E-state index is 0.0112. The molecule has 36 heavy (non-hydrogen) atoms. The van der Waals surface area contributed by atoms with Gasteiger partial charge in [0.1, 0.15) is 28.5 Å². The number of hydrogen-bond donors (Lipinski definition) is 2. The summed E-state index contributed by atoms with van der Waals surface area (Å²) in [5.74, 6) is 8.87. The van der Waals surface area contributed by atoms with E-state index in [0.29, 0.717) is 54.2 Å². The fourth-order valence-electron chi connectivity index (χ4n) is 4.21. The highest BCUT2D eigenvalue weighted by Gasteiger charge is 2.30. The van der Waals surface area contributed by atoms with Crippen LogP contribution in [0.25, 0.3) is 5.52 Å². The zero-order valence-electron chi connectivity index (χ0n) is 21.1. The van der Waals surface area contributed by atoms with Crippen molar-refractivity contribution in [3.63, 3.8) is 0 Å². The number of amides is 1. The smallest absolute Gasteiger partial charge is 0.246 e. The Hall–Kier alpha value is -4.03. The van der Waals surface area contributed by atoms with E-state index in [-0.39, 0.29) is 11.8 Å². The van der Waals surface area contributed by atoms with Crippen molar-refractivity contribution in [2.45, 2.75) is 32.2 Å². The molecule has 1 amide bonds. The lowest BCUT2D eigenvalue weighted by Crippen LogP contribution is -2.27. The number of aromatic nitrogens is 3. The zero-order chi connectivity index (χ0) is 25.7. The van der Waals surface area contributed by atoms with Crippen LogP contribution in [0.3, 0.4) is 0 Å². The van der Waals surface area contributed by atoms with Gasteiger partial charge in [-0.3, -0.25) is 9.20 Å². The van der Waals surface area contributed by atoms with Crippen molar-refractivity contribution in [1.82, 2.24) is 24.6 Å². The molecule has 0 radical (unpaired) electrons. The van der Waals surface area contributed by atoms with E-state index in [1.165, 1.54) is 0 Å². The number of methoxy groups -OCH3 is 2. The number of nitrogen functional groups attached to an aromatic ring is 1. The summed E-state index contributed by atoms with van der Waals surface area (Å²) in [7, 11) is 3.20. The maximum atomic E-state index is 12.7. The van der Waals surface area contributed by atoms with Crippen LogP contribution < -0.4 is 20.5 Å². The summed E-state index contributed by atoms with van der Waals surface area (Å²) in [5.41, 5.74) is 8.17. The normalized spacial score (nSPS) is 15.5. The minimum atomic E-state index is 0.0112. The van der Waals surface area contributed by atoms with E-state index in [2.05, 4.69) is 36.0 Å². The number of carbonyl (C=O) groups is 1. The molecule has 0 spiro atoms. The lowest BCUT2D eigenvalue weighted by atomic mass is 10.1. The monoisotopic (exact) mass is 488 g/mol. The van der Waals surface area contributed by atoms with Gasteiger partial charge in [-0.05, 0) is 24.5 Å². The van der Waals surface area contributed by atoms with E-state index in [4.69, 9.17) is 20.2 Å². The first-order chi connectivity index (χ1) is 17.4. The number of hydrogen-bond acceptors (Lipinski definition) is 7. The lowest BCUT2D eigenvalue weighted by molar-refractivity contribution is -0.125. The number of nitrogens with two attached hydrogens (primary N) is 1. The van der Waals surface area contributed by atoms with E-state index >= 15 is 0 Å². The largest absolute Gasteiger partial charge is 0.497 e. The van der Waals surface area contributed by atoms with Gasteiger partial charge < -0.3 is 25.4 Å². The summed E-state index contributed by atoms with van der Waals surface area (Å²) < 4.78 is 12.6. The van der Waals surface area contributed by atoms with Crippen LogP contribution >= 0.6 is 0 Å². The first-order valence-corrected chi connectivity index (χ1v) is 12.0. The molecular weight excluding hydrogens is 456 g/mol. The summed E-state index contributed by atoms with van der Waals surface area (Å²) in [6, 6.07) is 5.84. The van der Waals surface area contributed by atoms with Crippen molar-refractivity contribution in [2.24, 2.45) is 0 Å². The van der Waals surface area contributed by atoms with Gasteiger partial charge in [-0.25, -0.2) is 9.97 Å². The van der Waals surface area contributed by atoms with Crippen molar-refractivity contribution in [1.29, 1.82) is 0 Å². The summed E-state index contributed by atoms with van der Waals surface area (Å²) in [6.45, 7) is 6.07. The summed E-state index contributed by atoms with van der Waals surface area (Å²) >= 11 is 0. The van der Waals surface area contributed by atoms with Crippen LogP contribution in [0.4, 0.5) is 5.82 Å². The Morgan fingerprint density at radius 1 is 1.25 bits per heavy atom. The van der Waals surface area contributed by atoms with E-state index in [1.807, 2.05) is 33.7 Å². The van der Waals surface area contributed by atoms with Crippen LogP contribution in [0.2, 0.25) is 0 Å². The molecule has 1 aliphatic rings. The quantitative estimate of drug-likeness (QED) is 0.389. The molecule has 188 valence electrons. The topological polar surface area (TPSA) is 107 Å². The molecule has 0 aliphatic carbocycles. The van der Waals surface area contributed by atoms with Crippen molar-refractivity contribution in [2.75, 3.05) is 39.6 Å². The SMILES string of the molecule is COc1cc(C#Cc2nc([C@H]3CCN(C(=O)/C=C/CNC(C)C)C3)n3ccnc(N)c23)cc(OC)c1. The van der Waals surface area contributed by atoms with Gasteiger partial charge in [0.25, 0.3) is 0 Å². The molecule has 3 N–H and O–H groups in total. The Bertz CT molecular complexity index is 1310. The molecule has 1 saturated heterocycles. The highest BCUT2D eigenvalue weighted by atomic mass is 16.5. The first-order valence-electron chi connectivity index (χ1n) is 12.0. The molecule has 9 heteroatoms. The zero-order valence-corrected chi connectivity index (χ0v) is 21.1. The lowest BCUT2D eigenvalue weighted by Gasteiger charge is -2.14. The number of nitrogens with zero attached hydrogens (tertiary/aromatic N) is 4. The highest BCUT2D eigenvalue weighted by Crippen LogP contribution is 2.30. The predicted molar refractivity (Wildman–Crippen MR) is 139 cm³/mol. The number of rotatable bonds is 7. The van der Waals surface area contributed by atoms with E-state index in [0.717, 1.165) is 17.8 Å². The Labute approximate surface area is 211 Å². The number of carbonyl (C=O) groups excluding carboxylic acids is 1. The molecule has 9 nitrogen and oxygen atoms in total. The van der Waals surface area contributed by atoms with E-state index in [9.17, 15) is 4.79 Å². The van der Waals surface area contributed by atoms with Gasteiger partial charge in [0.15, 0.2) is 5.82 Å². The highest BCUT2D eigenvalue weighted by molar-refractivity contribution is 5.88. The molecule has 1 aromatic carbocycles. The predicted octanol–water partition coefficient (Wildman–Crippen LogP) is 2.60. The van der Waals surface area contributed by atoms with Gasteiger partial charge >= 0.3 is 0 Å². The maximum absolute atomic E-state index is 12.7. The van der Waals surface area contributed by atoms with Gasteiger partial charge in [-0.1, -0.05) is 25.8 Å². The van der Waals surface area contributed by atoms with Crippen molar-refractivity contribution >= 4 is 17.2 Å². The Morgan fingerprint density at radius 3 is 2.69 bits per heavy atom. The van der Waals surface area contributed by atoms with Gasteiger partial charge in [0.05, 0.1) is 14.2 Å². The molecule has 1 aliphatic heterocycles.